The molecule has 0 bridgehead atoms. The molecule has 0 unspecified atom stereocenters. The minimum Gasteiger partial charge on any atom is -0.247 e. The van der Waals surface area contributed by atoms with Crippen molar-refractivity contribution in [2.24, 2.45) is 0 Å². The van der Waals surface area contributed by atoms with Crippen molar-refractivity contribution in [3.63, 3.8) is 0 Å². The number of nitrogens with zero attached hydrogens (tertiary/aromatic N) is 2. The molecular weight excluding hydrogens is 386 g/mol. The number of anilines is 1. The maximum atomic E-state index is 12.1. The van der Waals surface area contributed by atoms with Crippen molar-refractivity contribution in [2.45, 2.75) is 4.90 Å². The van der Waals surface area contributed by atoms with Gasteiger partial charge in [0.15, 0.2) is 0 Å². The van der Waals surface area contributed by atoms with Crippen LogP contribution in [0.1, 0.15) is 0 Å². The number of benzene rings is 1. The number of hydrogen-bond acceptors (Lipinski definition) is 4. The standard InChI is InChI=1S/C10H7Br2N3O2S/c11-7-2-3-9(8(12)6-7)18(16,17)15-10-13-4-1-5-14-10/h1-6H,(H,13,14,15). The van der Waals surface area contributed by atoms with Crippen molar-refractivity contribution in [3.8, 4) is 0 Å². The van der Waals surface area contributed by atoms with E-state index in [1.54, 1.807) is 18.2 Å². The van der Waals surface area contributed by atoms with E-state index in [1.165, 1.54) is 18.5 Å². The first kappa shape index (κ1) is 13.4. The summed E-state index contributed by atoms with van der Waals surface area (Å²) in [6.07, 6.45) is 2.92. The van der Waals surface area contributed by atoms with Crippen LogP contribution in [0.2, 0.25) is 0 Å². The zero-order valence-corrected chi connectivity index (χ0v) is 12.8. The minimum absolute atomic E-state index is 0.0346. The lowest BCUT2D eigenvalue weighted by Gasteiger charge is -2.08. The molecule has 0 radical (unpaired) electrons. The summed E-state index contributed by atoms with van der Waals surface area (Å²) in [5, 5.41) is 0. The number of rotatable bonds is 3. The molecule has 18 heavy (non-hydrogen) atoms. The van der Waals surface area contributed by atoms with Crippen molar-refractivity contribution >= 4 is 47.8 Å². The van der Waals surface area contributed by atoms with Crippen LogP contribution in [0.3, 0.4) is 0 Å². The SMILES string of the molecule is O=S(=O)(Nc1ncccn1)c1ccc(Br)cc1Br. The summed E-state index contributed by atoms with van der Waals surface area (Å²) in [5.74, 6) is 0.0346. The van der Waals surface area contributed by atoms with E-state index in [1.807, 2.05) is 0 Å². The van der Waals surface area contributed by atoms with Gasteiger partial charge in [0.25, 0.3) is 10.0 Å². The smallest absolute Gasteiger partial charge is 0.247 e. The lowest BCUT2D eigenvalue weighted by atomic mass is 10.4. The average Bonchev–Trinajstić information content (AvgIpc) is 2.29. The van der Waals surface area contributed by atoms with Crippen LogP contribution in [0.4, 0.5) is 5.95 Å². The highest BCUT2D eigenvalue weighted by atomic mass is 79.9. The Morgan fingerprint density at radius 2 is 1.78 bits per heavy atom. The highest BCUT2D eigenvalue weighted by molar-refractivity contribution is 9.11. The largest absolute Gasteiger partial charge is 0.265 e. The molecule has 1 aromatic carbocycles. The van der Waals surface area contributed by atoms with Crippen molar-refractivity contribution in [3.05, 3.63) is 45.6 Å². The zero-order chi connectivity index (χ0) is 13.2. The molecule has 1 aromatic heterocycles. The summed E-state index contributed by atoms with van der Waals surface area (Å²) in [4.78, 5) is 7.74. The third-order valence-electron chi connectivity index (χ3n) is 1.97. The maximum Gasteiger partial charge on any atom is 0.265 e. The molecule has 0 spiro atoms. The van der Waals surface area contributed by atoms with Gasteiger partial charge in [-0.2, -0.15) is 0 Å². The molecule has 5 nitrogen and oxygen atoms in total. The maximum absolute atomic E-state index is 12.1. The van der Waals surface area contributed by atoms with Crippen LogP contribution in [0.15, 0.2) is 50.5 Å². The second-order valence-corrected chi connectivity index (χ2v) is 6.67. The van der Waals surface area contributed by atoms with Crippen LogP contribution in [-0.4, -0.2) is 18.4 Å². The van der Waals surface area contributed by atoms with E-state index in [-0.39, 0.29) is 10.8 Å². The fourth-order valence-electron chi connectivity index (χ4n) is 1.22. The number of nitrogens with one attached hydrogen (secondary N) is 1. The summed E-state index contributed by atoms with van der Waals surface area (Å²) < 4.78 is 27.7. The van der Waals surface area contributed by atoms with Gasteiger partial charge in [-0.15, -0.1) is 0 Å². The molecule has 0 aliphatic carbocycles. The molecule has 8 heteroatoms. The minimum atomic E-state index is -3.70. The molecule has 1 N–H and O–H groups in total. The van der Waals surface area contributed by atoms with Crippen LogP contribution >= 0.6 is 31.9 Å². The summed E-state index contributed by atoms with van der Waals surface area (Å²) in [6, 6.07) is 6.39. The fraction of sp³-hybridized carbons (Fsp3) is 0. The Bertz CT molecular complexity index is 662. The Morgan fingerprint density at radius 3 is 2.39 bits per heavy atom. The lowest BCUT2D eigenvalue weighted by Crippen LogP contribution is -2.15. The van der Waals surface area contributed by atoms with E-state index >= 15 is 0 Å². The van der Waals surface area contributed by atoms with Crippen molar-refractivity contribution < 1.29 is 8.42 Å². The van der Waals surface area contributed by atoms with Crippen LogP contribution in [0.5, 0.6) is 0 Å². The number of sulfonamides is 1. The summed E-state index contributed by atoms with van der Waals surface area (Å²) in [7, 11) is -3.70. The topological polar surface area (TPSA) is 72.0 Å². The van der Waals surface area contributed by atoms with Gasteiger partial charge in [0.05, 0.1) is 0 Å². The normalized spacial score (nSPS) is 11.2. The molecule has 0 atom stereocenters. The summed E-state index contributed by atoms with van der Waals surface area (Å²) in [5.41, 5.74) is 0. The van der Waals surface area contributed by atoms with Crippen molar-refractivity contribution in [1.82, 2.24) is 9.97 Å². The monoisotopic (exact) mass is 391 g/mol. The van der Waals surface area contributed by atoms with E-state index < -0.39 is 10.0 Å². The van der Waals surface area contributed by atoms with Crippen molar-refractivity contribution in [1.29, 1.82) is 0 Å². The molecule has 0 aliphatic heterocycles. The summed E-state index contributed by atoms with van der Waals surface area (Å²) >= 11 is 6.47. The van der Waals surface area contributed by atoms with E-state index in [0.717, 1.165) is 4.47 Å². The number of aromatic nitrogens is 2. The molecule has 0 saturated carbocycles. The third-order valence-corrected chi connectivity index (χ3v) is 4.77. The molecule has 0 amide bonds. The van der Waals surface area contributed by atoms with Gasteiger partial charge < -0.3 is 0 Å². The van der Waals surface area contributed by atoms with E-state index in [0.29, 0.717) is 4.47 Å². The first-order valence-electron chi connectivity index (χ1n) is 4.74. The van der Waals surface area contributed by atoms with Gasteiger partial charge in [-0.25, -0.2) is 23.1 Å². The molecular formula is C10H7Br2N3O2S. The molecule has 0 saturated heterocycles. The van der Waals surface area contributed by atoms with Gasteiger partial charge in [-0.05, 0) is 40.2 Å². The Labute approximate surface area is 121 Å². The van der Waals surface area contributed by atoms with Gasteiger partial charge in [-0.1, -0.05) is 15.9 Å². The predicted molar refractivity (Wildman–Crippen MR) is 74.7 cm³/mol. The molecule has 1 heterocycles. The van der Waals surface area contributed by atoms with Crippen LogP contribution in [0, 0.1) is 0 Å². The molecule has 94 valence electrons. The van der Waals surface area contributed by atoms with E-state index in [4.69, 9.17) is 0 Å². The van der Waals surface area contributed by atoms with E-state index in [2.05, 4.69) is 46.5 Å². The third kappa shape index (κ3) is 3.06. The van der Waals surface area contributed by atoms with Crippen LogP contribution < -0.4 is 4.72 Å². The zero-order valence-electron chi connectivity index (χ0n) is 8.84. The quantitative estimate of drug-likeness (QED) is 0.871. The molecule has 2 aromatic rings. The van der Waals surface area contributed by atoms with Gasteiger partial charge >= 0.3 is 0 Å². The van der Waals surface area contributed by atoms with Crippen molar-refractivity contribution in [2.75, 3.05) is 4.72 Å². The second kappa shape index (κ2) is 5.33. The molecule has 0 aliphatic rings. The lowest BCUT2D eigenvalue weighted by molar-refractivity contribution is 0.600. The highest BCUT2D eigenvalue weighted by Gasteiger charge is 2.18. The Balaban J connectivity index is 2.37. The predicted octanol–water partition coefficient (Wildman–Crippen LogP) is 2.80. The Morgan fingerprint density at radius 1 is 1.11 bits per heavy atom. The fourth-order valence-corrected chi connectivity index (χ4v) is 3.93. The van der Waals surface area contributed by atoms with Gasteiger partial charge in [-0.3, -0.25) is 0 Å². The first-order chi connectivity index (χ1) is 8.49. The van der Waals surface area contributed by atoms with Crippen LogP contribution in [-0.2, 0) is 10.0 Å². The van der Waals surface area contributed by atoms with Gasteiger partial charge in [0.1, 0.15) is 4.90 Å². The van der Waals surface area contributed by atoms with Gasteiger partial charge in [0.2, 0.25) is 5.95 Å². The number of hydrogen-bond donors (Lipinski definition) is 1. The highest BCUT2D eigenvalue weighted by Crippen LogP contribution is 2.26. The number of halogens is 2. The second-order valence-electron chi connectivity index (χ2n) is 3.25. The van der Waals surface area contributed by atoms with Crippen LogP contribution in [0.25, 0.3) is 0 Å². The summed E-state index contributed by atoms with van der Waals surface area (Å²) in [6.45, 7) is 0. The Kier molecular flexibility index (Phi) is 3.98. The first-order valence-corrected chi connectivity index (χ1v) is 7.81. The molecule has 2 rings (SSSR count). The van der Waals surface area contributed by atoms with Gasteiger partial charge in [0, 0.05) is 21.3 Å². The molecule has 0 fully saturated rings. The average molecular weight is 393 g/mol. The van der Waals surface area contributed by atoms with E-state index in [9.17, 15) is 8.42 Å². The Hall–Kier alpha value is -0.990.